The molecular formula is C20H21F5N2. The standard InChI is InChI=1S/C20H21F5N2/c1-13(2)14-11-17(21)19(18(22)12-14)27-9-7-26(8-10-27)16-5-3-15(4-6-16)20(23,24)25/h3-6,11-13H,7-10H2,1-2H3. The Morgan fingerprint density at radius 3 is 1.74 bits per heavy atom. The van der Waals surface area contributed by atoms with Crippen LogP contribution in [0.4, 0.5) is 33.3 Å². The molecular weight excluding hydrogens is 363 g/mol. The van der Waals surface area contributed by atoms with Gasteiger partial charge in [0.1, 0.15) is 17.3 Å². The molecule has 1 saturated heterocycles. The molecule has 27 heavy (non-hydrogen) atoms. The van der Waals surface area contributed by atoms with Crippen LogP contribution in [0.3, 0.4) is 0 Å². The third kappa shape index (κ3) is 4.17. The fourth-order valence-electron chi connectivity index (χ4n) is 3.27. The van der Waals surface area contributed by atoms with Crippen LogP contribution in [0.1, 0.15) is 30.9 Å². The maximum atomic E-state index is 14.4. The van der Waals surface area contributed by atoms with Gasteiger partial charge in [-0.15, -0.1) is 0 Å². The molecule has 0 atom stereocenters. The van der Waals surface area contributed by atoms with Crippen molar-refractivity contribution in [3.8, 4) is 0 Å². The summed E-state index contributed by atoms with van der Waals surface area (Å²) in [6.07, 6.45) is -4.37. The molecule has 0 unspecified atom stereocenters. The quantitative estimate of drug-likeness (QED) is 0.651. The maximum absolute atomic E-state index is 14.4. The highest BCUT2D eigenvalue weighted by atomic mass is 19.4. The van der Waals surface area contributed by atoms with E-state index in [9.17, 15) is 22.0 Å². The van der Waals surface area contributed by atoms with Crippen LogP contribution in [0.2, 0.25) is 0 Å². The molecule has 1 aliphatic heterocycles. The van der Waals surface area contributed by atoms with Gasteiger partial charge in [-0.05, 0) is 47.9 Å². The van der Waals surface area contributed by atoms with Gasteiger partial charge in [-0.2, -0.15) is 13.2 Å². The summed E-state index contributed by atoms with van der Waals surface area (Å²) < 4.78 is 66.9. The van der Waals surface area contributed by atoms with Crippen molar-refractivity contribution in [2.24, 2.45) is 0 Å². The molecule has 146 valence electrons. The predicted octanol–water partition coefficient (Wildman–Crippen LogP) is 5.43. The first-order valence-corrected chi connectivity index (χ1v) is 8.83. The van der Waals surface area contributed by atoms with Crippen LogP contribution in [0.5, 0.6) is 0 Å². The molecule has 3 rings (SSSR count). The Bertz CT molecular complexity index is 768. The molecule has 2 aromatic carbocycles. The number of alkyl halides is 3. The summed E-state index contributed by atoms with van der Waals surface area (Å²) in [5, 5.41) is 0. The molecule has 0 aliphatic carbocycles. The maximum Gasteiger partial charge on any atom is 0.416 e. The zero-order valence-corrected chi connectivity index (χ0v) is 15.2. The van der Waals surface area contributed by atoms with Crippen molar-refractivity contribution >= 4 is 11.4 Å². The molecule has 0 saturated carbocycles. The number of hydrogen-bond donors (Lipinski definition) is 0. The molecule has 1 fully saturated rings. The highest BCUT2D eigenvalue weighted by molar-refractivity contribution is 5.54. The van der Waals surface area contributed by atoms with Crippen molar-refractivity contribution in [2.45, 2.75) is 25.9 Å². The highest BCUT2D eigenvalue weighted by Crippen LogP contribution is 2.32. The van der Waals surface area contributed by atoms with Crippen LogP contribution in [-0.2, 0) is 6.18 Å². The van der Waals surface area contributed by atoms with E-state index in [1.54, 1.807) is 4.90 Å². The lowest BCUT2D eigenvalue weighted by Gasteiger charge is -2.37. The van der Waals surface area contributed by atoms with Crippen molar-refractivity contribution in [3.05, 3.63) is 59.2 Å². The second kappa shape index (κ2) is 7.37. The van der Waals surface area contributed by atoms with Gasteiger partial charge in [0.05, 0.1) is 5.56 Å². The Balaban J connectivity index is 1.71. The first-order chi connectivity index (χ1) is 12.7. The van der Waals surface area contributed by atoms with Gasteiger partial charge < -0.3 is 9.80 Å². The smallest absolute Gasteiger partial charge is 0.368 e. The SMILES string of the molecule is CC(C)c1cc(F)c(N2CCN(c3ccc(C(F)(F)F)cc3)CC2)c(F)c1. The van der Waals surface area contributed by atoms with Crippen molar-refractivity contribution < 1.29 is 22.0 Å². The van der Waals surface area contributed by atoms with Crippen LogP contribution in [0.25, 0.3) is 0 Å². The van der Waals surface area contributed by atoms with E-state index in [0.29, 0.717) is 37.4 Å². The number of piperazine rings is 1. The molecule has 0 spiro atoms. The van der Waals surface area contributed by atoms with E-state index in [0.717, 1.165) is 12.1 Å². The number of nitrogens with zero attached hydrogens (tertiary/aromatic N) is 2. The summed E-state index contributed by atoms with van der Waals surface area (Å²) in [4.78, 5) is 3.56. The van der Waals surface area contributed by atoms with Crippen LogP contribution in [0, 0.1) is 11.6 Å². The molecule has 2 aromatic rings. The zero-order chi connectivity index (χ0) is 19.8. The number of benzene rings is 2. The van der Waals surface area contributed by atoms with Crippen LogP contribution in [0.15, 0.2) is 36.4 Å². The fourth-order valence-corrected chi connectivity index (χ4v) is 3.27. The molecule has 2 nitrogen and oxygen atoms in total. The first kappa shape index (κ1) is 19.5. The topological polar surface area (TPSA) is 6.48 Å². The molecule has 1 aliphatic rings. The zero-order valence-electron chi connectivity index (χ0n) is 15.2. The van der Waals surface area contributed by atoms with Crippen molar-refractivity contribution in [2.75, 3.05) is 36.0 Å². The Morgan fingerprint density at radius 2 is 1.30 bits per heavy atom. The minimum atomic E-state index is -4.37. The lowest BCUT2D eigenvalue weighted by atomic mass is 10.0. The lowest BCUT2D eigenvalue weighted by Crippen LogP contribution is -2.47. The van der Waals surface area contributed by atoms with Gasteiger partial charge in [0.25, 0.3) is 0 Å². The minimum absolute atomic E-state index is 0.0274. The third-order valence-electron chi connectivity index (χ3n) is 4.86. The Hall–Kier alpha value is -2.31. The second-order valence-electron chi connectivity index (χ2n) is 7.01. The van der Waals surface area contributed by atoms with E-state index in [4.69, 9.17) is 0 Å². The normalized spacial score (nSPS) is 15.6. The Kier molecular flexibility index (Phi) is 5.31. The van der Waals surface area contributed by atoms with E-state index in [-0.39, 0.29) is 11.6 Å². The number of rotatable bonds is 3. The highest BCUT2D eigenvalue weighted by Gasteiger charge is 2.30. The first-order valence-electron chi connectivity index (χ1n) is 8.83. The number of anilines is 2. The van der Waals surface area contributed by atoms with Crippen molar-refractivity contribution in [1.82, 2.24) is 0 Å². The summed E-state index contributed by atoms with van der Waals surface area (Å²) in [5.41, 5.74) is 0.543. The fraction of sp³-hybridized carbons (Fsp3) is 0.400. The van der Waals surface area contributed by atoms with Crippen molar-refractivity contribution in [3.63, 3.8) is 0 Å². The van der Waals surface area contributed by atoms with Gasteiger partial charge in [0.2, 0.25) is 0 Å². The van der Waals surface area contributed by atoms with Crippen LogP contribution < -0.4 is 9.80 Å². The number of halogens is 5. The van der Waals surface area contributed by atoms with E-state index in [1.165, 1.54) is 24.3 Å². The van der Waals surface area contributed by atoms with E-state index < -0.39 is 23.4 Å². The predicted molar refractivity (Wildman–Crippen MR) is 96.3 cm³/mol. The van der Waals surface area contributed by atoms with Gasteiger partial charge in [-0.25, -0.2) is 8.78 Å². The third-order valence-corrected chi connectivity index (χ3v) is 4.86. The summed E-state index contributed by atoms with van der Waals surface area (Å²) in [6, 6.07) is 7.68. The molecule has 0 amide bonds. The summed E-state index contributed by atoms with van der Waals surface area (Å²) in [6.45, 7) is 5.45. The van der Waals surface area contributed by atoms with E-state index in [2.05, 4.69) is 0 Å². The van der Waals surface area contributed by atoms with Crippen molar-refractivity contribution in [1.29, 1.82) is 0 Å². The lowest BCUT2D eigenvalue weighted by molar-refractivity contribution is -0.137. The summed E-state index contributed by atoms with van der Waals surface area (Å²) >= 11 is 0. The van der Waals surface area contributed by atoms with E-state index >= 15 is 0 Å². The van der Waals surface area contributed by atoms with Gasteiger partial charge in [0.15, 0.2) is 0 Å². The molecule has 0 aromatic heterocycles. The second-order valence-corrected chi connectivity index (χ2v) is 7.01. The van der Waals surface area contributed by atoms with Crippen LogP contribution >= 0.6 is 0 Å². The molecule has 1 heterocycles. The average molecular weight is 384 g/mol. The van der Waals surface area contributed by atoms with Gasteiger partial charge in [-0.3, -0.25) is 0 Å². The Labute approximate surface area is 155 Å². The van der Waals surface area contributed by atoms with Gasteiger partial charge in [-0.1, -0.05) is 13.8 Å². The number of hydrogen-bond acceptors (Lipinski definition) is 2. The average Bonchev–Trinajstić information content (AvgIpc) is 2.61. The van der Waals surface area contributed by atoms with E-state index in [1.807, 2.05) is 18.7 Å². The molecule has 0 N–H and O–H groups in total. The molecule has 7 heteroatoms. The van der Waals surface area contributed by atoms with Gasteiger partial charge >= 0.3 is 6.18 Å². The summed E-state index contributed by atoms with van der Waals surface area (Å²) in [7, 11) is 0. The molecule has 0 bridgehead atoms. The van der Waals surface area contributed by atoms with Crippen LogP contribution in [-0.4, -0.2) is 26.2 Å². The minimum Gasteiger partial charge on any atom is -0.368 e. The molecule has 0 radical (unpaired) electrons. The Morgan fingerprint density at radius 1 is 0.815 bits per heavy atom. The largest absolute Gasteiger partial charge is 0.416 e. The van der Waals surface area contributed by atoms with Gasteiger partial charge in [0, 0.05) is 31.9 Å². The monoisotopic (exact) mass is 384 g/mol. The summed E-state index contributed by atoms with van der Waals surface area (Å²) in [5.74, 6) is -1.14.